The molecule has 0 spiro atoms. The second kappa shape index (κ2) is 8.94. The van der Waals surface area contributed by atoms with Gasteiger partial charge in [0.25, 0.3) is 0 Å². The summed E-state index contributed by atoms with van der Waals surface area (Å²) < 4.78 is 0. The Bertz CT molecular complexity index is 282. The molecule has 0 bridgehead atoms. The third-order valence-electron chi connectivity index (χ3n) is 3.59. The molecule has 0 heterocycles. The van der Waals surface area contributed by atoms with Crippen LogP contribution in [0.4, 0.5) is 0 Å². The first-order valence-corrected chi connectivity index (χ1v) is 7.64. The van der Waals surface area contributed by atoms with Gasteiger partial charge in [-0.3, -0.25) is 9.59 Å². The van der Waals surface area contributed by atoms with Crippen molar-refractivity contribution in [2.24, 2.45) is 5.92 Å². The lowest BCUT2D eigenvalue weighted by atomic mass is 10.1. The van der Waals surface area contributed by atoms with Gasteiger partial charge in [-0.2, -0.15) is 0 Å². The highest BCUT2D eigenvalue weighted by atomic mass is 16.2. The van der Waals surface area contributed by atoms with Crippen LogP contribution in [0.1, 0.15) is 65.2 Å². The Labute approximate surface area is 116 Å². The summed E-state index contributed by atoms with van der Waals surface area (Å²) in [5.74, 6) is 0.279. The summed E-state index contributed by atoms with van der Waals surface area (Å²) in [4.78, 5) is 23.3. The van der Waals surface area contributed by atoms with Gasteiger partial charge in [-0.25, -0.2) is 0 Å². The molecule has 2 amide bonds. The Kier molecular flexibility index (Phi) is 7.53. The van der Waals surface area contributed by atoms with Crippen LogP contribution in [0.15, 0.2) is 0 Å². The van der Waals surface area contributed by atoms with Gasteiger partial charge >= 0.3 is 0 Å². The average Bonchev–Trinajstić information content (AvgIpc) is 2.56. The molecule has 0 saturated heterocycles. The normalized spacial score (nSPS) is 17.0. The Hall–Kier alpha value is -1.06. The zero-order valence-electron chi connectivity index (χ0n) is 12.3. The standard InChI is InChI=1S/C15H28N2O2/c1-12(2)9-10-16-14(18)11-15(19)17-13-7-5-3-4-6-8-13/h12-13H,3-11H2,1-2H3,(H,16,18)(H,17,19). The quantitative estimate of drug-likeness (QED) is 0.574. The Morgan fingerprint density at radius 2 is 1.68 bits per heavy atom. The Morgan fingerprint density at radius 1 is 1.05 bits per heavy atom. The average molecular weight is 268 g/mol. The van der Waals surface area contributed by atoms with E-state index in [2.05, 4.69) is 24.5 Å². The zero-order chi connectivity index (χ0) is 14.1. The molecule has 0 aliphatic heterocycles. The Morgan fingerprint density at radius 3 is 2.26 bits per heavy atom. The van der Waals surface area contributed by atoms with E-state index in [0.717, 1.165) is 19.3 Å². The topological polar surface area (TPSA) is 58.2 Å². The molecular formula is C15H28N2O2. The van der Waals surface area contributed by atoms with Gasteiger partial charge in [-0.15, -0.1) is 0 Å². The van der Waals surface area contributed by atoms with Gasteiger partial charge in [0.2, 0.25) is 11.8 Å². The van der Waals surface area contributed by atoms with E-state index in [-0.39, 0.29) is 24.3 Å². The van der Waals surface area contributed by atoms with Crippen LogP contribution in [-0.4, -0.2) is 24.4 Å². The predicted molar refractivity (Wildman–Crippen MR) is 76.7 cm³/mol. The molecule has 1 saturated carbocycles. The van der Waals surface area contributed by atoms with Crippen molar-refractivity contribution in [3.63, 3.8) is 0 Å². The van der Waals surface area contributed by atoms with E-state index in [1.165, 1.54) is 25.7 Å². The molecule has 0 radical (unpaired) electrons. The molecule has 1 aliphatic carbocycles. The van der Waals surface area contributed by atoms with Gasteiger partial charge in [0, 0.05) is 12.6 Å². The van der Waals surface area contributed by atoms with Gasteiger partial charge in [-0.1, -0.05) is 39.5 Å². The molecule has 2 N–H and O–H groups in total. The number of nitrogens with one attached hydrogen (secondary N) is 2. The molecule has 1 fully saturated rings. The maximum atomic E-state index is 11.8. The smallest absolute Gasteiger partial charge is 0.229 e. The first kappa shape index (κ1) is 16.0. The van der Waals surface area contributed by atoms with Crippen molar-refractivity contribution in [2.75, 3.05) is 6.54 Å². The second-order valence-corrected chi connectivity index (χ2v) is 5.97. The van der Waals surface area contributed by atoms with Crippen molar-refractivity contribution >= 4 is 11.8 Å². The Balaban J connectivity index is 2.16. The van der Waals surface area contributed by atoms with Crippen LogP contribution < -0.4 is 10.6 Å². The summed E-state index contributed by atoms with van der Waals surface area (Å²) in [6, 6.07) is 0.276. The van der Waals surface area contributed by atoms with Crippen LogP contribution in [0.2, 0.25) is 0 Å². The second-order valence-electron chi connectivity index (χ2n) is 5.97. The van der Waals surface area contributed by atoms with Crippen LogP contribution in [0.5, 0.6) is 0 Å². The third kappa shape index (κ3) is 7.85. The molecule has 0 atom stereocenters. The van der Waals surface area contributed by atoms with Crippen molar-refractivity contribution in [1.29, 1.82) is 0 Å². The highest BCUT2D eigenvalue weighted by molar-refractivity contribution is 5.96. The largest absolute Gasteiger partial charge is 0.356 e. The summed E-state index contributed by atoms with van der Waals surface area (Å²) in [5, 5.41) is 5.78. The van der Waals surface area contributed by atoms with E-state index < -0.39 is 0 Å². The molecular weight excluding hydrogens is 240 g/mol. The molecule has 19 heavy (non-hydrogen) atoms. The minimum absolute atomic E-state index is 0.0331. The van der Waals surface area contributed by atoms with Crippen molar-refractivity contribution in [3.05, 3.63) is 0 Å². The molecule has 0 aromatic rings. The number of amides is 2. The summed E-state index contributed by atoms with van der Waals surface area (Å²) in [5.41, 5.74) is 0. The van der Waals surface area contributed by atoms with Crippen LogP contribution in [-0.2, 0) is 9.59 Å². The fourth-order valence-electron chi connectivity index (χ4n) is 2.41. The van der Waals surface area contributed by atoms with Gasteiger partial charge in [-0.05, 0) is 25.2 Å². The van der Waals surface area contributed by atoms with Gasteiger partial charge in [0.05, 0.1) is 0 Å². The maximum Gasteiger partial charge on any atom is 0.229 e. The molecule has 110 valence electrons. The van der Waals surface area contributed by atoms with Crippen molar-refractivity contribution in [3.8, 4) is 0 Å². The molecule has 1 rings (SSSR count). The molecule has 4 nitrogen and oxygen atoms in total. The van der Waals surface area contributed by atoms with E-state index in [1.807, 2.05) is 0 Å². The fraction of sp³-hybridized carbons (Fsp3) is 0.867. The lowest BCUT2D eigenvalue weighted by molar-refractivity contribution is -0.129. The van der Waals surface area contributed by atoms with Crippen LogP contribution in [0.3, 0.4) is 0 Å². The van der Waals surface area contributed by atoms with E-state index in [4.69, 9.17) is 0 Å². The molecule has 0 aromatic carbocycles. The van der Waals surface area contributed by atoms with Gasteiger partial charge in [0.1, 0.15) is 6.42 Å². The number of hydrogen-bond donors (Lipinski definition) is 2. The van der Waals surface area contributed by atoms with Crippen LogP contribution in [0, 0.1) is 5.92 Å². The van der Waals surface area contributed by atoms with Crippen molar-refractivity contribution in [2.45, 2.75) is 71.3 Å². The van der Waals surface area contributed by atoms with Gasteiger partial charge < -0.3 is 10.6 Å². The van der Waals surface area contributed by atoms with Crippen LogP contribution >= 0.6 is 0 Å². The number of rotatable bonds is 6. The SMILES string of the molecule is CC(C)CCNC(=O)CC(=O)NC1CCCCCC1. The maximum absolute atomic E-state index is 11.8. The van der Waals surface area contributed by atoms with E-state index in [9.17, 15) is 9.59 Å². The van der Waals surface area contributed by atoms with Crippen molar-refractivity contribution < 1.29 is 9.59 Å². The predicted octanol–water partition coefficient (Wildman–Crippen LogP) is 2.38. The molecule has 4 heteroatoms. The first-order chi connectivity index (χ1) is 9.08. The summed E-state index contributed by atoms with van der Waals surface area (Å²) >= 11 is 0. The minimum Gasteiger partial charge on any atom is -0.356 e. The molecule has 0 aromatic heterocycles. The van der Waals surface area contributed by atoms with E-state index >= 15 is 0 Å². The van der Waals surface area contributed by atoms with Gasteiger partial charge in [0.15, 0.2) is 0 Å². The lowest BCUT2D eigenvalue weighted by Gasteiger charge is -2.16. The number of hydrogen-bond acceptors (Lipinski definition) is 2. The third-order valence-corrected chi connectivity index (χ3v) is 3.59. The number of carbonyl (C=O) groups is 2. The molecule has 0 unspecified atom stereocenters. The highest BCUT2D eigenvalue weighted by Crippen LogP contribution is 2.17. The lowest BCUT2D eigenvalue weighted by Crippen LogP contribution is -2.38. The first-order valence-electron chi connectivity index (χ1n) is 7.64. The minimum atomic E-state index is -0.160. The zero-order valence-corrected chi connectivity index (χ0v) is 12.3. The van der Waals surface area contributed by atoms with Crippen molar-refractivity contribution in [1.82, 2.24) is 10.6 Å². The fourth-order valence-corrected chi connectivity index (χ4v) is 2.41. The van der Waals surface area contributed by atoms with Crippen LogP contribution in [0.25, 0.3) is 0 Å². The molecule has 1 aliphatic rings. The van der Waals surface area contributed by atoms with E-state index in [1.54, 1.807) is 0 Å². The number of carbonyl (C=O) groups excluding carboxylic acids is 2. The summed E-state index contributed by atoms with van der Waals surface area (Å²) in [6.07, 6.45) is 7.94. The monoisotopic (exact) mass is 268 g/mol. The summed E-state index contributed by atoms with van der Waals surface area (Å²) in [7, 11) is 0. The summed E-state index contributed by atoms with van der Waals surface area (Å²) in [6.45, 7) is 4.89. The highest BCUT2D eigenvalue weighted by Gasteiger charge is 2.16. The van der Waals surface area contributed by atoms with E-state index in [0.29, 0.717) is 12.5 Å².